The minimum atomic E-state index is -4.74. The quantitative estimate of drug-likeness (QED) is 0.352. The Balaban J connectivity index is 1.66. The number of alkyl halides is 3. The number of carbonyl (C=O) groups is 2. The summed E-state index contributed by atoms with van der Waals surface area (Å²) in [7, 11) is 0. The predicted molar refractivity (Wildman–Crippen MR) is 133 cm³/mol. The minimum absolute atomic E-state index is 0.201. The zero-order chi connectivity index (χ0) is 26.4. The van der Waals surface area contributed by atoms with E-state index in [-0.39, 0.29) is 11.9 Å². The minimum Gasteiger partial charge on any atom is -0.322 e. The van der Waals surface area contributed by atoms with Crippen LogP contribution in [0.15, 0.2) is 85.2 Å². The normalized spacial score (nSPS) is 14.4. The molecular formula is C28H21F3N4O2. The first kappa shape index (κ1) is 24.2. The number of aromatic nitrogens is 2. The Bertz CT molecular complexity index is 1500. The number of nitrogens with one attached hydrogen (secondary N) is 1. The predicted octanol–water partition coefficient (Wildman–Crippen LogP) is 6.37. The Kier molecular flexibility index (Phi) is 5.78. The lowest BCUT2D eigenvalue weighted by Gasteiger charge is -2.21. The molecule has 37 heavy (non-hydrogen) atoms. The summed E-state index contributed by atoms with van der Waals surface area (Å²) in [5.41, 5.74) is -0.159. The number of rotatable bonds is 4. The molecule has 1 aromatic heterocycles. The van der Waals surface area contributed by atoms with Crippen LogP contribution in [0.2, 0.25) is 0 Å². The monoisotopic (exact) mass is 502 g/mol. The second kappa shape index (κ2) is 8.85. The van der Waals surface area contributed by atoms with Gasteiger partial charge in [-0.25, -0.2) is 14.9 Å². The molecule has 186 valence electrons. The largest absolute Gasteiger partial charge is 0.417 e. The van der Waals surface area contributed by atoms with Gasteiger partial charge in [0.2, 0.25) is 11.9 Å². The van der Waals surface area contributed by atoms with E-state index in [0.29, 0.717) is 28.1 Å². The van der Waals surface area contributed by atoms with Crippen molar-refractivity contribution in [2.75, 3.05) is 10.2 Å². The van der Waals surface area contributed by atoms with Crippen molar-refractivity contribution in [2.24, 2.45) is 0 Å². The molecule has 2 heterocycles. The summed E-state index contributed by atoms with van der Waals surface area (Å²) in [5.74, 6) is -0.954. The van der Waals surface area contributed by atoms with Gasteiger partial charge >= 0.3 is 6.18 Å². The molecule has 3 aromatic carbocycles. The van der Waals surface area contributed by atoms with Gasteiger partial charge < -0.3 is 5.32 Å². The van der Waals surface area contributed by atoms with Gasteiger partial charge in [-0.1, -0.05) is 36.4 Å². The van der Waals surface area contributed by atoms with Crippen LogP contribution in [0.5, 0.6) is 0 Å². The molecule has 0 bridgehead atoms. The highest BCUT2D eigenvalue weighted by Crippen LogP contribution is 2.49. The smallest absolute Gasteiger partial charge is 0.322 e. The van der Waals surface area contributed by atoms with Crippen molar-refractivity contribution in [3.63, 3.8) is 0 Å². The molecule has 0 saturated carbocycles. The van der Waals surface area contributed by atoms with Gasteiger partial charge in [0.1, 0.15) is 0 Å². The zero-order valence-electron chi connectivity index (χ0n) is 19.9. The van der Waals surface area contributed by atoms with Gasteiger partial charge in [-0.15, -0.1) is 0 Å². The maximum atomic E-state index is 13.9. The average Bonchev–Trinajstić information content (AvgIpc) is 3.09. The van der Waals surface area contributed by atoms with Crippen LogP contribution in [0.1, 0.15) is 35.3 Å². The number of amides is 2. The van der Waals surface area contributed by atoms with Crippen LogP contribution in [-0.4, -0.2) is 21.8 Å². The molecule has 1 aliphatic rings. The van der Waals surface area contributed by atoms with E-state index >= 15 is 0 Å². The number of benzene rings is 3. The average molecular weight is 502 g/mol. The van der Waals surface area contributed by atoms with Crippen LogP contribution in [0.25, 0.3) is 11.1 Å². The molecule has 0 radical (unpaired) electrons. The molecule has 0 aliphatic carbocycles. The SMILES string of the molecule is CC1(C)C(=O)N(c2ncccn2)c2cccc(-c3ccc(C(F)(F)F)c(C(=O)Nc4ccccc4)c3)c21. The van der Waals surface area contributed by atoms with Crippen molar-refractivity contribution in [3.05, 3.63) is 102 Å². The first-order valence-corrected chi connectivity index (χ1v) is 11.4. The molecule has 2 amide bonds. The Morgan fingerprint density at radius 2 is 1.62 bits per heavy atom. The molecule has 9 heteroatoms. The summed E-state index contributed by atoms with van der Waals surface area (Å²) in [4.78, 5) is 36.3. The standard InChI is InChI=1S/C28H21F3N4O2/c1-27(2)23-19(10-6-11-22(23)35(25(27)37)26-32-14-7-15-33-26)17-12-13-21(28(29,30)31)20(16-17)24(36)34-18-8-4-3-5-9-18/h3-16H,1-2H3,(H,34,36). The van der Waals surface area contributed by atoms with Gasteiger partial charge in [0.05, 0.1) is 22.2 Å². The summed E-state index contributed by atoms with van der Waals surface area (Å²) in [6.07, 6.45) is -1.69. The summed E-state index contributed by atoms with van der Waals surface area (Å²) >= 11 is 0. The third kappa shape index (κ3) is 4.22. The Morgan fingerprint density at radius 1 is 0.919 bits per heavy atom. The third-order valence-corrected chi connectivity index (χ3v) is 6.31. The van der Waals surface area contributed by atoms with E-state index in [9.17, 15) is 22.8 Å². The number of halogens is 3. The van der Waals surface area contributed by atoms with E-state index in [0.717, 1.165) is 6.07 Å². The molecule has 0 unspecified atom stereocenters. The Morgan fingerprint density at radius 3 is 2.30 bits per heavy atom. The van der Waals surface area contributed by atoms with E-state index < -0.39 is 28.6 Å². The number of para-hydroxylation sites is 1. The number of anilines is 3. The van der Waals surface area contributed by atoms with Crippen LogP contribution >= 0.6 is 0 Å². The van der Waals surface area contributed by atoms with Crippen LogP contribution in [0.3, 0.4) is 0 Å². The lowest BCUT2D eigenvalue weighted by atomic mass is 9.81. The molecule has 1 N–H and O–H groups in total. The summed E-state index contributed by atoms with van der Waals surface area (Å²) < 4.78 is 41.6. The third-order valence-electron chi connectivity index (χ3n) is 6.31. The molecule has 1 aliphatic heterocycles. The van der Waals surface area contributed by atoms with E-state index in [1.807, 2.05) is 0 Å². The molecule has 0 atom stereocenters. The fourth-order valence-corrected chi connectivity index (χ4v) is 4.59. The number of carbonyl (C=O) groups excluding carboxylic acids is 2. The van der Waals surface area contributed by atoms with Gasteiger partial charge in [0.15, 0.2) is 0 Å². The molecule has 5 rings (SSSR count). The van der Waals surface area contributed by atoms with E-state index in [1.54, 1.807) is 68.4 Å². The number of nitrogens with zero attached hydrogens (tertiary/aromatic N) is 3. The van der Waals surface area contributed by atoms with Gasteiger partial charge in [0.25, 0.3) is 5.91 Å². The molecule has 4 aromatic rings. The lowest BCUT2D eigenvalue weighted by molar-refractivity contribution is -0.137. The van der Waals surface area contributed by atoms with Crippen molar-refractivity contribution >= 4 is 29.1 Å². The van der Waals surface area contributed by atoms with Crippen molar-refractivity contribution in [2.45, 2.75) is 25.4 Å². The zero-order valence-corrected chi connectivity index (χ0v) is 19.9. The summed E-state index contributed by atoms with van der Waals surface area (Å²) in [5, 5.41) is 2.54. The highest BCUT2D eigenvalue weighted by atomic mass is 19.4. The number of fused-ring (bicyclic) bond motifs is 1. The van der Waals surface area contributed by atoms with Crippen LogP contribution in [0, 0.1) is 0 Å². The van der Waals surface area contributed by atoms with Gasteiger partial charge in [0, 0.05) is 18.1 Å². The fourth-order valence-electron chi connectivity index (χ4n) is 4.59. The van der Waals surface area contributed by atoms with E-state index in [4.69, 9.17) is 0 Å². The van der Waals surface area contributed by atoms with Crippen molar-refractivity contribution in [3.8, 4) is 11.1 Å². The second-order valence-corrected chi connectivity index (χ2v) is 9.09. The molecule has 6 nitrogen and oxygen atoms in total. The van der Waals surface area contributed by atoms with E-state index in [1.165, 1.54) is 29.4 Å². The maximum absolute atomic E-state index is 13.9. The topological polar surface area (TPSA) is 75.2 Å². The Labute approximate surface area is 210 Å². The van der Waals surface area contributed by atoms with Crippen molar-refractivity contribution in [1.82, 2.24) is 9.97 Å². The molecule has 0 fully saturated rings. The van der Waals surface area contributed by atoms with Crippen molar-refractivity contribution < 1.29 is 22.8 Å². The first-order chi connectivity index (χ1) is 17.6. The fraction of sp³-hybridized carbons (Fsp3) is 0.143. The highest BCUT2D eigenvalue weighted by molar-refractivity contribution is 6.13. The van der Waals surface area contributed by atoms with Gasteiger partial charge in [-0.3, -0.25) is 9.59 Å². The second-order valence-electron chi connectivity index (χ2n) is 9.09. The summed E-state index contributed by atoms with van der Waals surface area (Å²) in [6.45, 7) is 3.49. The summed E-state index contributed by atoms with van der Waals surface area (Å²) in [6, 6.07) is 18.5. The van der Waals surface area contributed by atoms with E-state index in [2.05, 4.69) is 15.3 Å². The van der Waals surface area contributed by atoms with Crippen molar-refractivity contribution in [1.29, 1.82) is 0 Å². The first-order valence-electron chi connectivity index (χ1n) is 11.4. The number of hydrogen-bond acceptors (Lipinski definition) is 4. The number of hydrogen-bond donors (Lipinski definition) is 1. The Hall–Kier alpha value is -4.53. The molecule has 0 saturated heterocycles. The maximum Gasteiger partial charge on any atom is 0.417 e. The van der Waals surface area contributed by atoms with Crippen LogP contribution < -0.4 is 10.2 Å². The molecule has 0 spiro atoms. The van der Waals surface area contributed by atoms with Crippen LogP contribution in [-0.2, 0) is 16.4 Å². The van der Waals surface area contributed by atoms with Crippen LogP contribution in [0.4, 0.5) is 30.5 Å². The molecular weight excluding hydrogens is 481 g/mol. The highest BCUT2D eigenvalue weighted by Gasteiger charge is 2.47. The van der Waals surface area contributed by atoms with Gasteiger partial charge in [-0.05, 0) is 66.9 Å². The lowest BCUT2D eigenvalue weighted by Crippen LogP contribution is -2.34. The van der Waals surface area contributed by atoms with Gasteiger partial charge in [-0.2, -0.15) is 13.2 Å².